The fourth-order valence-electron chi connectivity index (χ4n) is 1.90. The number of aliphatic hydroxyl groups excluding tert-OH is 1. The summed E-state index contributed by atoms with van der Waals surface area (Å²) in [4.78, 5) is 23.4. The minimum absolute atomic E-state index is 0.0303. The first-order chi connectivity index (χ1) is 9.61. The predicted molar refractivity (Wildman–Crippen MR) is 77.7 cm³/mol. The molecular weight excluding hydrogens is 276 g/mol. The highest BCUT2D eigenvalue weighted by Gasteiger charge is 2.15. The number of aromatic nitrogens is 1. The summed E-state index contributed by atoms with van der Waals surface area (Å²) in [7, 11) is 0. The molecule has 0 saturated heterocycles. The lowest BCUT2D eigenvalue weighted by Crippen LogP contribution is -2.35. The molecule has 20 heavy (non-hydrogen) atoms. The molecule has 0 saturated carbocycles. The number of aliphatic hydroxyl groups is 1. The van der Waals surface area contributed by atoms with Crippen molar-refractivity contribution in [3.63, 3.8) is 0 Å². The van der Waals surface area contributed by atoms with Crippen molar-refractivity contribution in [3.05, 3.63) is 56.6 Å². The molecule has 0 unspecified atom stereocenters. The molecule has 0 aliphatic heterocycles. The standard InChI is InChI=1S/C14H16N2O3S/c1-10-9-20-14(19)16(10)7-13(18)15-12(8-17)11-5-3-2-4-6-11/h2-6,9,12,17H,7-8H2,1H3,(H,15,18)/t12-/m1/s1. The van der Waals surface area contributed by atoms with Crippen LogP contribution < -0.4 is 10.2 Å². The van der Waals surface area contributed by atoms with Crippen LogP contribution in [0.4, 0.5) is 0 Å². The molecular formula is C14H16N2O3S. The molecule has 1 heterocycles. The number of thiazole rings is 1. The molecule has 0 radical (unpaired) electrons. The van der Waals surface area contributed by atoms with Gasteiger partial charge in [-0.15, -0.1) is 0 Å². The summed E-state index contributed by atoms with van der Waals surface area (Å²) >= 11 is 1.07. The quantitative estimate of drug-likeness (QED) is 0.866. The Morgan fingerprint density at radius 3 is 2.65 bits per heavy atom. The van der Waals surface area contributed by atoms with Crippen LogP contribution in [0.15, 0.2) is 40.5 Å². The van der Waals surface area contributed by atoms with Crippen molar-refractivity contribution in [2.75, 3.05) is 6.61 Å². The van der Waals surface area contributed by atoms with Crippen LogP contribution in [0.2, 0.25) is 0 Å². The molecule has 0 spiro atoms. The minimum atomic E-state index is -0.460. The van der Waals surface area contributed by atoms with E-state index in [4.69, 9.17) is 0 Å². The first-order valence-electron chi connectivity index (χ1n) is 6.22. The van der Waals surface area contributed by atoms with Crippen LogP contribution in [0.25, 0.3) is 0 Å². The molecule has 2 N–H and O–H groups in total. The fraction of sp³-hybridized carbons (Fsp3) is 0.286. The summed E-state index contributed by atoms with van der Waals surface area (Å²) in [5.41, 5.74) is 1.59. The molecule has 1 aromatic heterocycles. The predicted octanol–water partition coefficient (Wildman–Crippen LogP) is 1.07. The van der Waals surface area contributed by atoms with Crippen LogP contribution in [0.5, 0.6) is 0 Å². The maximum Gasteiger partial charge on any atom is 0.307 e. The number of rotatable bonds is 5. The zero-order chi connectivity index (χ0) is 14.5. The average molecular weight is 292 g/mol. The summed E-state index contributed by atoms with van der Waals surface area (Å²) in [6.07, 6.45) is 0. The number of carbonyl (C=O) groups is 1. The maximum atomic E-state index is 12.0. The Morgan fingerprint density at radius 1 is 1.40 bits per heavy atom. The van der Waals surface area contributed by atoms with Crippen molar-refractivity contribution in [2.45, 2.75) is 19.5 Å². The van der Waals surface area contributed by atoms with Crippen molar-refractivity contribution in [1.29, 1.82) is 0 Å². The van der Waals surface area contributed by atoms with E-state index >= 15 is 0 Å². The van der Waals surface area contributed by atoms with E-state index in [-0.39, 0.29) is 23.9 Å². The van der Waals surface area contributed by atoms with Gasteiger partial charge < -0.3 is 10.4 Å². The van der Waals surface area contributed by atoms with E-state index in [1.54, 1.807) is 12.3 Å². The first kappa shape index (κ1) is 14.5. The van der Waals surface area contributed by atoms with Crippen molar-refractivity contribution < 1.29 is 9.90 Å². The van der Waals surface area contributed by atoms with Crippen LogP contribution >= 0.6 is 11.3 Å². The highest BCUT2D eigenvalue weighted by Crippen LogP contribution is 2.11. The summed E-state index contributed by atoms with van der Waals surface area (Å²) in [5.74, 6) is -0.295. The fourth-order valence-corrected chi connectivity index (χ4v) is 2.63. The van der Waals surface area contributed by atoms with Crippen LogP contribution in [-0.4, -0.2) is 22.2 Å². The third kappa shape index (κ3) is 3.34. The molecule has 0 bridgehead atoms. The van der Waals surface area contributed by atoms with Gasteiger partial charge in [-0.3, -0.25) is 14.2 Å². The Bertz CT molecular complexity index is 633. The van der Waals surface area contributed by atoms with Crippen molar-refractivity contribution in [2.24, 2.45) is 0 Å². The monoisotopic (exact) mass is 292 g/mol. The van der Waals surface area contributed by atoms with Gasteiger partial charge in [-0.2, -0.15) is 0 Å². The number of hydrogen-bond donors (Lipinski definition) is 2. The summed E-state index contributed by atoms with van der Waals surface area (Å²) in [5, 5.41) is 13.8. The third-order valence-electron chi connectivity index (χ3n) is 3.00. The number of hydrogen-bond acceptors (Lipinski definition) is 4. The molecule has 6 heteroatoms. The second-order valence-electron chi connectivity index (χ2n) is 4.44. The van der Waals surface area contributed by atoms with Gasteiger partial charge in [0.2, 0.25) is 5.91 Å². The summed E-state index contributed by atoms with van der Waals surface area (Å²) < 4.78 is 1.42. The first-order valence-corrected chi connectivity index (χ1v) is 7.10. The summed E-state index contributed by atoms with van der Waals surface area (Å²) in [6.45, 7) is 1.57. The van der Waals surface area contributed by atoms with Crippen molar-refractivity contribution in [1.82, 2.24) is 9.88 Å². The summed E-state index contributed by atoms with van der Waals surface area (Å²) in [6, 6.07) is 8.77. The lowest BCUT2D eigenvalue weighted by molar-refractivity contribution is -0.122. The van der Waals surface area contributed by atoms with E-state index in [1.807, 2.05) is 30.3 Å². The Morgan fingerprint density at radius 2 is 2.10 bits per heavy atom. The molecule has 0 aliphatic rings. The average Bonchev–Trinajstić information content (AvgIpc) is 2.77. The molecule has 1 atom stereocenters. The number of aryl methyl sites for hydroxylation is 1. The smallest absolute Gasteiger partial charge is 0.307 e. The van der Waals surface area contributed by atoms with E-state index < -0.39 is 6.04 Å². The molecule has 1 amide bonds. The van der Waals surface area contributed by atoms with Crippen LogP contribution in [0.3, 0.4) is 0 Å². The molecule has 106 valence electrons. The van der Waals surface area contributed by atoms with Crippen molar-refractivity contribution >= 4 is 17.2 Å². The number of nitrogens with one attached hydrogen (secondary N) is 1. The Balaban J connectivity index is 2.05. The zero-order valence-corrected chi connectivity index (χ0v) is 11.9. The van der Waals surface area contributed by atoms with Gasteiger partial charge in [0, 0.05) is 11.1 Å². The molecule has 2 rings (SSSR count). The number of amides is 1. The normalized spacial score (nSPS) is 12.1. The van der Waals surface area contributed by atoms with Gasteiger partial charge in [0.15, 0.2) is 0 Å². The molecule has 5 nitrogen and oxygen atoms in total. The van der Waals surface area contributed by atoms with Gasteiger partial charge in [-0.25, -0.2) is 0 Å². The SMILES string of the molecule is Cc1csc(=O)n1CC(=O)N[C@H](CO)c1ccccc1. The number of nitrogens with zero attached hydrogens (tertiary/aromatic N) is 1. The van der Waals surface area contributed by atoms with E-state index in [9.17, 15) is 14.7 Å². The lowest BCUT2D eigenvalue weighted by atomic mass is 10.1. The Hall–Kier alpha value is -1.92. The lowest BCUT2D eigenvalue weighted by Gasteiger charge is -2.17. The third-order valence-corrected chi connectivity index (χ3v) is 3.88. The molecule has 0 aliphatic carbocycles. The Labute approximate surface area is 120 Å². The molecule has 1 aromatic carbocycles. The van der Waals surface area contributed by atoms with Crippen LogP contribution in [0.1, 0.15) is 17.3 Å². The number of carbonyl (C=O) groups excluding carboxylic acids is 1. The van der Waals surface area contributed by atoms with E-state index in [0.717, 1.165) is 22.6 Å². The van der Waals surface area contributed by atoms with Gasteiger partial charge in [-0.05, 0) is 12.5 Å². The van der Waals surface area contributed by atoms with Crippen LogP contribution in [-0.2, 0) is 11.3 Å². The number of benzene rings is 1. The molecule has 2 aromatic rings. The zero-order valence-electron chi connectivity index (χ0n) is 11.1. The Kier molecular flexibility index (Phi) is 4.70. The van der Waals surface area contributed by atoms with Gasteiger partial charge in [0.25, 0.3) is 0 Å². The highest BCUT2D eigenvalue weighted by molar-refractivity contribution is 7.07. The second-order valence-corrected chi connectivity index (χ2v) is 5.26. The van der Waals surface area contributed by atoms with Gasteiger partial charge in [0.1, 0.15) is 6.54 Å². The van der Waals surface area contributed by atoms with Gasteiger partial charge >= 0.3 is 4.87 Å². The van der Waals surface area contributed by atoms with Gasteiger partial charge in [-0.1, -0.05) is 41.7 Å². The second kappa shape index (κ2) is 6.49. The molecule has 0 fully saturated rings. The topological polar surface area (TPSA) is 71.3 Å². The van der Waals surface area contributed by atoms with Crippen molar-refractivity contribution in [3.8, 4) is 0 Å². The van der Waals surface area contributed by atoms with Gasteiger partial charge in [0.05, 0.1) is 12.6 Å². The van der Waals surface area contributed by atoms with E-state index in [1.165, 1.54) is 4.57 Å². The highest BCUT2D eigenvalue weighted by atomic mass is 32.1. The van der Waals surface area contributed by atoms with E-state index in [0.29, 0.717) is 0 Å². The largest absolute Gasteiger partial charge is 0.394 e. The van der Waals surface area contributed by atoms with Crippen LogP contribution in [0, 0.1) is 6.92 Å². The van der Waals surface area contributed by atoms with E-state index in [2.05, 4.69) is 5.32 Å². The maximum absolute atomic E-state index is 12.0. The minimum Gasteiger partial charge on any atom is -0.394 e.